The third-order valence-corrected chi connectivity index (χ3v) is 4.17. The summed E-state index contributed by atoms with van der Waals surface area (Å²) < 4.78 is 10.3. The van der Waals surface area contributed by atoms with Crippen LogP contribution in [0.4, 0.5) is 0 Å². The second-order valence-electron chi connectivity index (χ2n) is 5.85. The van der Waals surface area contributed by atoms with Gasteiger partial charge in [0.15, 0.2) is 5.96 Å². The molecule has 1 N–H and O–H groups in total. The Kier molecular flexibility index (Phi) is 6.40. The Balaban J connectivity index is 1.96. The highest BCUT2D eigenvalue weighted by Gasteiger charge is 2.36. The fourth-order valence-corrected chi connectivity index (χ4v) is 2.90. The van der Waals surface area contributed by atoms with E-state index in [2.05, 4.69) is 27.1 Å². The van der Waals surface area contributed by atoms with Gasteiger partial charge in [0.2, 0.25) is 5.88 Å². The number of carbonyl (C=O) groups excluding carboxylic acids is 1. The van der Waals surface area contributed by atoms with Crippen molar-refractivity contribution in [3.8, 4) is 5.88 Å². The van der Waals surface area contributed by atoms with Crippen molar-refractivity contribution in [1.29, 1.82) is 0 Å². The van der Waals surface area contributed by atoms with Crippen LogP contribution in [-0.4, -0.2) is 55.7 Å². The van der Waals surface area contributed by atoms with Crippen molar-refractivity contribution >= 4 is 11.9 Å². The molecule has 2 unspecified atom stereocenters. The first-order chi connectivity index (χ1) is 11.6. The van der Waals surface area contributed by atoms with E-state index in [1.165, 1.54) is 7.11 Å². The molecule has 1 fully saturated rings. The summed E-state index contributed by atoms with van der Waals surface area (Å²) >= 11 is 0. The smallest absolute Gasteiger partial charge is 0.310 e. The maximum atomic E-state index is 11.8. The molecule has 2 rings (SSSR count). The lowest BCUT2D eigenvalue weighted by Gasteiger charge is -2.21. The van der Waals surface area contributed by atoms with Crippen LogP contribution in [-0.2, 0) is 16.1 Å². The van der Waals surface area contributed by atoms with Gasteiger partial charge in [-0.1, -0.05) is 6.92 Å². The quantitative estimate of drug-likeness (QED) is 0.497. The molecule has 1 saturated heterocycles. The van der Waals surface area contributed by atoms with Gasteiger partial charge in [0.25, 0.3) is 0 Å². The summed E-state index contributed by atoms with van der Waals surface area (Å²) in [4.78, 5) is 22.4. The van der Waals surface area contributed by atoms with Gasteiger partial charge in [-0.3, -0.25) is 9.79 Å². The number of methoxy groups -OCH3 is 1. The Morgan fingerprint density at radius 1 is 1.50 bits per heavy atom. The lowest BCUT2D eigenvalue weighted by molar-refractivity contribution is -0.145. The summed E-state index contributed by atoms with van der Waals surface area (Å²) in [5, 5.41) is 3.34. The van der Waals surface area contributed by atoms with E-state index in [9.17, 15) is 4.79 Å². The zero-order valence-corrected chi connectivity index (χ0v) is 14.8. The number of ether oxygens (including phenoxy) is 2. The molecule has 7 nitrogen and oxygen atoms in total. The van der Waals surface area contributed by atoms with Crippen LogP contribution in [0, 0.1) is 11.8 Å². The zero-order chi connectivity index (χ0) is 17.5. The van der Waals surface area contributed by atoms with Gasteiger partial charge in [0.05, 0.1) is 19.6 Å². The number of pyridine rings is 1. The highest BCUT2D eigenvalue weighted by molar-refractivity contribution is 5.82. The van der Waals surface area contributed by atoms with Crippen molar-refractivity contribution in [2.24, 2.45) is 16.8 Å². The molecule has 0 aromatic carbocycles. The Labute approximate surface area is 143 Å². The molecule has 1 aromatic rings. The Morgan fingerprint density at radius 3 is 2.96 bits per heavy atom. The van der Waals surface area contributed by atoms with Crippen molar-refractivity contribution < 1.29 is 14.3 Å². The van der Waals surface area contributed by atoms with Gasteiger partial charge in [-0.2, -0.15) is 0 Å². The lowest BCUT2D eigenvalue weighted by atomic mass is 9.99. The number of nitrogens with zero attached hydrogens (tertiary/aromatic N) is 3. The van der Waals surface area contributed by atoms with Gasteiger partial charge < -0.3 is 19.7 Å². The largest absolute Gasteiger partial charge is 0.478 e. The van der Waals surface area contributed by atoms with E-state index in [1.807, 2.05) is 19.1 Å². The minimum absolute atomic E-state index is 0.112. The number of esters is 1. The standard InChI is InChI=1S/C17H26N4O3/c1-5-24-15-8-13(6-7-19-15)9-20-17(18-3)21-10-12(2)14(11-21)16(22)23-4/h6-8,12,14H,5,9-11H2,1-4H3,(H,18,20). The Bertz CT molecular complexity index is 591. The van der Waals surface area contributed by atoms with Crippen LogP contribution in [0.1, 0.15) is 19.4 Å². The maximum absolute atomic E-state index is 11.8. The van der Waals surface area contributed by atoms with Crippen LogP contribution in [0.2, 0.25) is 0 Å². The summed E-state index contributed by atoms with van der Waals surface area (Å²) in [6.45, 7) is 6.59. The molecule has 0 radical (unpaired) electrons. The monoisotopic (exact) mass is 334 g/mol. The van der Waals surface area contributed by atoms with Gasteiger partial charge in [-0.15, -0.1) is 0 Å². The SMILES string of the molecule is CCOc1cc(CNC(=NC)N2CC(C)C(C(=O)OC)C2)ccn1. The summed E-state index contributed by atoms with van der Waals surface area (Å²) in [7, 11) is 3.18. The van der Waals surface area contributed by atoms with Gasteiger partial charge in [0.1, 0.15) is 0 Å². The molecule has 0 bridgehead atoms. The topological polar surface area (TPSA) is 76.0 Å². The molecular formula is C17H26N4O3. The number of hydrogen-bond donors (Lipinski definition) is 1. The van der Waals surface area contributed by atoms with Gasteiger partial charge in [0, 0.05) is 38.9 Å². The van der Waals surface area contributed by atoms with Gasteiger partial charge in [-0.25, -0.2) is 4.98 Å². The van der Waals surface area contributed by atoms with E-state index < -0.39 is 0 Å². The first-order valence-electron chi connectivity index (χ1n) is 8.20. The minimum Gasteiger partial charge on any atom is -0.478 e. The number of nitrogens with one attached hydrogen (secondary N) is 1. The molecule has 1 aromatic heterocycles. The average molecular weight is 334 g/mol. The Hall–Kier alpha value is -2.31. The van der Waals surface area contributed by atoms with Crippen molar-refractivity contribution in [3.05, 3.63) is 23.9 Å². The molecule has 24 heavy (non-hydrogen) atoms. The molecule has 1 aliphatic rings. The van der Waals surface area contributed by atoms with Gasteiger partial charge >= 0.3 is 5.97 Å². The number of hydrogen-bond acceptors (Lipinski definition) is 5. The minimum atomic E-state index is -0.157. The van der Waals surface area contributed by atoms with Crippen molar-refractivity contribution in [2.75, 3.05) is 33.9 Å². The van der Waals surface area contributed by atoms with Crippen molar-refractivity contribution in [3.63, 3.8) is 0 Å². The van der Waals surface area contributed by atoms with Crippen LogP contribution in [0.3, 0.4) is 0 Å². The zero-order valence-electron chi connectivity index (χ0n) is 14.8. The summed E-state index contributed by atoms with van der Waals surface area (Å²) in [5.41, 5.74) is 1.06. The first-order valence-corrected chi connectivity index (χ1v) is 8.20. The average Bonchev–Trinajstić information content (AvgIpc) is 2.97. The van der Waals surface area contributed by atoms with Crippen LogP contribution >= 0.6 is 0 Å². The summed E-state index contributed by atoms with van der Waals surface area (Å²) in [6.07, 6.45) is 1.73. The summed E-state index contributed by atoms with van der Waals surface area (Å²) in [6, 6.07) is 3.85. The lowest BCUT2D eigenvalue weighted by Crippen LogP contribution is -2.40. The molecule has 0 amide bonds. The van der Waals surface area contributed by atoms with Crippen molar-refractivity contribution in [1.82, 2.24) is 15.2 Å². The van der Waals surface area contributed by atoms with E-state index in [1.54, 1.807) is 13.2 Å². The molecule has 1 aliphatic heterocycles. The fourth-order valence-electron chi connectivity index (χ4n) is 2.90. The third-order valence-electron chi connectivity index (χ3n) is 4.17. The number of carbonyl (C=O) groups is 1. The normalized spacial score (nSPS) is 20.8. The van der Waals surface area contributed by atoms with Crippen LogP contribution in [0.25, 0.3) is 0 Å². The van der Waals surface area contributed by atoms with Crippen LogP contribution < -0.4 is 10.1 Å². The molecule has 2 atom stereocenters. The van der Waals surface area contributed by atoms with E-state index in [0.717, 1.165) is 18.1 Å². The first kappa shape index (κ1) is 18.0. The molecule has 7 heteroatoms. The van der Waals surface area contributed by atoms with E-state index in [4.69, 9.17) is 9.47 Å². The van der Waals surface area contributed by atoms with Crippen LogP contribution in [0.5, 0.6) is 5.88 Å². The molecule has 0 spiro atoms. The number of likely N-dealkylation sites (tertiary alicyclic amines) is 1. The molecule has 132 valence electrons. The number of aliphatic imine (C=N–C) groups is 1. The molecule has 2 heterocycles. The molecular weight excluding hydrogens is 308 g/mol. The van der Waals surface area contributed by atoms with E-state index >= 15 is 0 Å². The maximum Gasteiger partial charge on any atom is 0.310 e. The molecule has 0 aliphatic carbocycles. The highest BCUT2D eigenvalue weighted by Crippen LogP contribution is 2.24. The second-order valence-corrected chi connectivity index (χ2v) is 5.85. The Morgan fingerprint density at radius 2 is 2.29 bits per heavy atom. The van der Waals surface area contributed by atoms with E-state index in [-0.39, 0.29) is 17.8 Å². The highest BCUT2D eigenvalue weighted by atomic mass is 16.5. The number of guanidine groups is 1. The van der Waals surface area contributed by atoms with Crippen molar-refractivity contribution in [2.45, 2.75) is 20.4 Å². The molecule has 0 saturated carbocycles. The second kappa shape index (κ2) is 8.52. The number of rotatable bonds is 5. The number of aromatic nitrogens is 1. The third kappa shape index (κ3) is 4.37. The summed E-state index contributed by atoms with van der Waals surface area (Å²) in [5.74, 6) is 1.37. The van der Waals surface area contributed by atoms with E-state index in [0.29, 0.717) is 25.6 Å². The fraction of sp³-hybridized carbons (Fsp3) is 0.588. The van der Waals surface area contributed by atoms with Crippen LogP contribution in [0.15, 0.2) is 23.3 Å². The predicted octanol–water partition coefficient (Wildman–Crippen LogP) is 1.30. The predicted molar refractivity (Wildman–Crippen MR) is 91.8 cm³/mol. The van der Waals surface area contributed by atoms with Gasteiger partial charge in [-0.05, 0) is 24.5 Å².